The van der Waals surface area contributed by atoms with Crippen LogP contribution in [0.1, 0.15) is 34.6 Å². The van der Waals surface area contributed by atoms with Gasteiger partial charge < -0.3 is 14.6 Å². The Labute approximate surface area is 89.2 Å². The van der Waals surface area contributed by atoms with Gasteiger partial charge in [-0.2, -0.15) is 0 Å². The molecule has 0 unspecified atom stereocenters. The van der Waals surface area contributed by atoms with Crippen LogP contribution in [-0.4, -0.2) is 27.3 Å². The van der Waals surface area contributed by atoms with Crippen molar-refractivity contribution in [2.75, 3.05) is 6.54 Å². The fraction of sp³-hybridized carbons (Fsp3) is 1.00. The Kier molecular flexibility index (Phi) is 6.60. The van der Waals surface area contributed by atoms with E-state index in [1.165, 1.54) is 0 Å². The predicted octanol–water partition coefficient (Wildman–Crippen LogP) is 2.26. The number of hydrogen-bond acceptors (Lipinski definition) is 3. The van der Waals surface area contributed by atoms with Crippen LogP contribution in [-0.2, 0) is 8.85 Å². The third-order valence-corrected chi connectivity index (χ3v) is 5.89. The maximum atomic E-state index is 5.98. The van der Waals surface area contributed by atoms with E-state index >= 15 is 0 Å². The van der Waals surface area contributed by atoms with E-state index in [4.69, 9.17) is 14.6 Å². The molecule has 0 heterocycles. The molecule has 0 aromatic rings. The Balaban J connectivity index is 4.42. The Morgan fingerprint density at radius 1 is 1.07 bits per heavy atom. The van der Waals surface area contributed by atoms with Crippen molar-refractivity contribution in [1.29, 1.82) is 0 Å². The monoisotopic (exact) mass is 219 g/mol. The summed E-state index contributed by atoms with van der Waals surface area (Å²) in [6, 6.07) is 1.86. The van der Waals surface area contributed by atoms with Crippen molar-refractivity contribution in [3.05, 3.63) is 0 Å². The first kappa shape index (κ1) is 14.1. The van der Waals surface area contributed by atoms with Gasteiger partial charge in [-0.15, -0.1) is 0 Å². The lowest BCUT2D eigenvalue weighted by molar-refractivity contribution is 0.105. The van der Waals surface area contributed by atoms with Crippen LogP contribution in [0.4, 0.5) is 0 Å². The number of rotatable bonds is 7. The molecule has 0 amide bonds. The summed E-state index contributed by atoms with van der Waals surface area (Å²) in [6.07, 6.45) is 0.457. The van der Waals surface area contributed by atoms with E-state index in [0.717, 1.165) is 12.1 Å². The highest BCUT2D eigenvalue weighted by Gasteiger charge is 2.36. The molecule has 0 spiro atoms. The highest BCUT2D eigenvalue weighted by atomic mass is 28.4. The molecule has 0 aliphatic heterocycles. The number of hydrogen-bond donors (Lipinski definition) is 1. The van der Waals surface area contributed by atoms with Gasteiger partial charge in [-0.3, -0.25) is 0 Å². The lowest BCUT2D eigenvalue weighted by Gasteiger charge is -2.33. The summed E-state index contributed by atoms with van der Waals surface area (Å²) in [6.45, 7) is 11.0. The minimum Gasteiger partial charge on any atom is -0.392 e. The molecule has 0 aromatic heterocycles. The fourth-order valence-corrected chi connectivity index (χ4v) is 4.70. The van der Waals surface area contributed by atoms with Gasteiger partial charge in [0.05, 0.1) is 0 Å². The zero-order valence-electron chi connectivity index (χ0n) is 10.2. The van der Waals surface area contributed by atoms with E-state index in [1.54, 1.807) is 0 Å². The normalized spacial score (nSPS) is 12.9. The standard InChI is InChI=1S/C10H25NO2Si/c1-6-14(8-7-11,12-9(2)3)13-10(4)5/h9-10H,6-8,11H2,1-5H3. The summed E-state index contributed by atoms with van der Waals surface area (Å²) >= 11 is 0. The largest absolute Gasteiger partial charge is 0.392 e. The van der Waals surface area contributed by atoms with Gasteiger partial charge in [0.2, 0.25) is 0 Å². The van der Waals surface area contributed by atoms with Crippen LogP contribution in [0.15, 0.2) is 0 Å². The Morgan fingerprint density at radius 3 is 1.71 bits per heavy atom. The van der Waals surface area contributed by atoms with Crippen molar-refractivity contribution in [1.82, 2.24) is 0 Å². The van der Waals surface area contributed by atoms with E-state index in [9.17, 15) is 0 Å². The van der Waals surface area contributed by atoms with E-state index in [1.807, 2.05) is 0 Å². The lowest BCUT2D eigenvalue weighted by atomic mass is 10.5. The molecule has 0 radical (unpaired) electrons. The molecule has 0 rings (SSSR count). The molecule has 0 bridgehead atoms. The highest BCUT2D eigenvalue weighted by Crippen LogP contribution is 2.21. The molecule has 0 aliphatic carbocycles. The van der Waals surface area contributed by atoms with Gasteiger partial charge in [0.1, 0.15) is 0 Å². The minimum atomic E-state index is -2.02. The molecule has 0 saturated heterocycles. The van der Waals surface area contributed by atoms with Crippen molar-refractivity contribution in [3.8, 4) is 0 Å². The van der Waals surface area contributed by atoms with Crippen LogP contribution < -0.4 is 5.73 Å². The van der Waals surface area contributed by atoms with Gasteiger partial charge in [0, 0.05) is 18.3 Å². The average molecular weight is 219 g/mol. The van der Waals surface area contributed by atoms with Gasteiger partial charge in [-0.25, -0.2) is 0 Å². The van der Waals surface area contributed by atoms with Crippen LogP contribution in [0, 0.1) is 0 Å². The maximum absolute atomic E-state index is 5.98. The Bertz CT molecular complexity index is 141. The SMILES string of the molecule is CC[Si](CCN)(OC(C)C)OC(C)C. The summed E-state index contributed by atoms with van der Waals surface area (Å²) in [5, 5.41) is 0. The zero-order chi connectivity index (χ0) is 11.2. The number of nitrogens with two attached hydrogens (primary N) is 1. The quantitative estimate of drug-likeness (QED) is 0.668. The maximum Gasteiger partial charge on any atom is 0.339 e. The second kappa shape index (κ2) is 6.56. The Morgan fingerprint density at radius 2 is 1.50 bits per heavy atom. The van der Waals surface area contributed by atoms with E-state index in [-0.39, 0.29) is 12.2 Å². The molecule has 2 N–H and O–H groups in total. The summed E-state index contributed by atoms with van der Waals surface area (Å²) in [7, 11) is -2.02. The van der Waals surface area contributed by atoms with Crippen molar-refractivity contribution in [2.45, 2.75) is 58.9 Å². The molecule has 0 aromatic carbocycles. The lowest BCUT2D eigenvalue weighted by Crippen LogP contribution is -2.46. The summed E-state index contributed by atoms with van der Waals surface area (Å²) in [5.74, 6) is 0. The first-order valence-electron chi connectivity index (χ1n) is 5.51. The first-order chi connectivity index (χ1) is 6.45. The summed E-state index contributed by atoms with van der Waals surface area (Å²) in [4.78, 5) is 0. The van der Waals surface area contributed by atoms with Gasteiger partial charge in [0.15, 0.2) is 0 Å². The minimum absolute atomic E-state index is 0.229. The van der Waals surface area contributed by atoms with E-state index in [2.05, 4.69) is 34.6 Å². The molecule has 0 saturated carbocycles. The fourth-order valence-electron chi connectivity index (χ4n) is 1.57. The van der Waals surface area contributed by atoms with Crippen LogP contribution in [0.25, 0.3) is 0 Å². The molecule has 3 nitrogen and oxygen atoms in total. The topological polar surface area (TPSA) is 44.5 Å². The smallest absolute Gasteiger partial charge is 0.339 e. The molecule has 0 atom stereocenters. The molecule has 4 heteroatoms. The van der Waals surface area contributed by atoms with Crippen LogP contribution in [0.3, 0.4) is 0 Å². The second-order valence-corrected chi connectivity index (χ2v) is 7.64. The van der Waals surface area contributed by atoms with Crippen LogP contribution >= 0.6 is 0 Å². The average Bonchev–Trinajstić information content (AvgIpc) is 2.02. The van der Waals surface area contributed by atoms with Gasteiger partial charge >= 0.3 is 8.56 Å². The highest BCUT2D eigenvalue weighted by molar-refractivity contribution is 6.67. The van der Waals surface area contributed by atoms with Crippen molar-refractivity contribution >= 4 is 8.56 Å². The van der Waals surface area contributed by atoms with Gasteiger partial charge in [-0.05, 0) is 40.3 Å². The van der Waals surface area contributed by atoms with Gasteiger partial charge in [0.25, 0.3) is 0 Å². The molecule has 86 valence electrons. The molecule has 0 fully saturated rings. The molecule has 14 heavy (non-hydrogen) atoms. The van der Waals surface area contributed by atoms with Crippen LogP contribution in [0.5, 0.6) is 0 Å². The summed E-state index contributed by atoms with van der Waals surface area (Å²) in [5.41, 5.74) is 5.62. The zero-order valence-corrected chi connectivity index (χ0v) is 11.2. The third kappa shape index (κ3) is 5.10. The third-order valence-electron chi connectivity index (χ3n) is 1.96. The molecule has 0 aliphatic rings. The van der Waals surface area contributed by atoms with Crippen LogP contribution in [0.2, 0.25) is 12.1 Å². The van der Waals surface area contributed by atoms with E-state index in [0.29, 0.717) is 6.54 Å². The van der Waals surface area contributed by atoms with Crippen molar-refractivity contribution < 1.29 is 8.85 Å². The van der Waals surface area contributed by atoms with Gasteiger partial charge in [-0.1, -0.05) is 6.92 Å². The predicted molar refractivity (Wildman–Crippen MR) is 62.5 cm³/mol. The van der Waals surface area contributed by atoms with Crippen molar-refractivity contribution in [2.24, 2.45) is 5.73 Å². The molecular formula is C10H25NO2Si. The van der Waals surface area contributed by atoms with E-state index < -0.39 is 8.56 Å². The second-order valence-electron chi connectivity index (χ2n) is 4.14. The summed E-state index contributed by atoms with van der Waals surface area (Å²) < 4.78 is 12.0. The van der Waals surface area contributed by atoms with Crippen molar-refractivity contribution in [3.63, 3.8) is 0 Å². The Hall–Kier alpha value is 0.0969. The molecular weight excluding hydrogens is 194 g/mol. The first-order valence-corrected chi connectivity index (χ1v) is 7.74.